The molecule has 0 atom stereocenters. The highest BCUT2D eigenvalue weighted by molar-refractivity contribution is 9.10. The first kappa shape index (κ1) is 25.8. The molecule has 0 aliphatic rings. The van der Waals surface area contributed by atoms with Gasteiger partial charge in [-0.3, -0.25) is 9.36 Å². The number of hydrogen-bond acceptors (Lipinski definition) is 7. The summed E-state index contributed by atoms with van der Waals surface area (Å²) in [6.45, 7) is 4.28. The number of thiophene rings is 1. The van der Waals surface area contributed by atoms with Crippen LogP contribution in [-0.2, 0) is 16.1 Å². The minimum atomic E-state index is -0.594. The Kier molecular flexibility index (Phi) is 8.34. The van der Waals surface area contributed by atoms with E-state index in [0.717, 1.165) is 10.0 Å². The van der Waals surface area contributed by atoms with E-state index in [0.29, 0.717) is 33.7 Å². The maximum atomic E-state index is 13.4. The van der Waals surface area contributed by atoms with Gasteiger partial charge in [0, 0.05) is 27.5 Å². The largest absolute Gasteiger partial charge is 0.465 e. The Morgan fingerprint density at radius 2 is 1.86 bits per heavy atom. The van der Waals surface area contributed by atoms with E-state index in [1.54, 1.807) is 23.6 Å². The summed E-state index contributed by atoms with van der Waals surface area (Å²) < 4.78 is 21.1. The average Bonchev–Trinajstić information content (AvgIpc) is 3.48. The molecular weight excluding hydrogens is 567 g/mol. The lowest BCUT2D eigenvalue weighted by atomic mass is 10.0. The molecule has 0 aliphatic heterocycles. The lowest BCUT2D eigenvalue weighted by Crippen LogP contribution is -2.16. The van der Waals surface area contributed by atoms with Crippen LogP contribution in [0, 0.1) is 5.82 Å². The summed E-state index contributed by atoms with van der Waals surface area (Å²) in [6, 6.07) is 13.5. The zero-order valence-corrected chi connectivity index (χ0v) is 22.3. The number of carbonyl (C=O) groups excluding carboxylic acids is 2. The molecular formula is C25H20BrFN4O3S2. The Bertz CT molecular complexity index is 1400. The van der Waals surface area contributed by atoms with Crippen LogP contribution in [0.15, 0.2) is 76.2 Å². The standard InChI is InChI=1S/C25H20BrFN4O3S2/c1-3-12-31-22(16-4-8-17(26)9-5-16)29-30-25(31)36-14-20(32)28-23-21(24(33)34-2)19(13-35-23)15-6-10-18(27)11-7-15/h3-11,13H,1,12,14H2,2H3,(H,28,32). The molecule has 4 rings (SSSR count). The van der Waals surface area contributed by atoms with Crippen molar-refractivity contribution in [2.75, 3.05) is 18.2 Å². The Morgan fingerprint density at radius 1 is 1.17 bits per heavy atom. The van der Waals surface area contributed by atoms with E-state index in [-0.39, 0.29) is 23.0 Å². The zero-order valence-electron chi connectivity index (χ0n) is 19.0. The number of amides is 1. The summed E-state index contributed by atoms with van der Waals surface area (Å²) in [5.74, 6) is -0.591. The van der Waals surface area contributed by atoms with Gasteiger partial charge in [0.2, 0.25) is 5.91 Å². The first-order chi connectivity index (χ1) is 17.4. The molecule has 0 saturated heterocycles. The number of thioether (sulfide) groups is 1. The van der Waals surface area contributed by atoms with E-state index in [9.17, 15) is 14.0 Å². The summed E-state index contributed by atoms with van der Waals surface area (Å²) in [7, 11) is 1.27. The molecule has 0 spiro atoms. The van der Waals surface area contributed by atoms with Crippen LogP contribution < -0.4 is 5.32 Å². The van der Waals surface area contributed by atoms with Crippen molar-refractivity contribution < 1.29 is 18.7 Å². The molecule has 11 heteroatoms. The first-order valence-electron chi connectivity index (χ1n) is 10.6. The van der Waals surface area contributed by atoms with Gasteiger partial charge in [-0.1, -0.05) is 58.0 Å². The summed E-state index contributed by atoms with van der Waals surface area (Å²) in [5, 5.41) is 14.0. The first-order valence-corrected chi connectivity index (χ1v) is 13.3. The molecule has 1 amide bonds. The number of hydrogen-bond donors (Lipinski definition) is 1. The maximum Gasteiger partial charge on any atom is 0.341 e. The summed E-state index contributed by atoms with van der Waals surface area (Å²) in [4.78, 5) is 25.3. The van der Waals surface area contributed by atoms with Crippen molar-refractivity contribution in [1.29, 1.82) is 0 Å². The SMILES string of the molecule is C=CCn1c(SCC(=O)Nc2scc(-c3ccc(F)cc3)c2C(=O)OC)nnc1-c1ccc(Br)cc1. The fraction of sp³-hybridized carbons (Fsp3) is 0.120. The molecule has 0 fully saturated rings. The number of halogens is 2. The molecule has 7 nitrogen and oxygen atoms in total. The number of rotatable bonds is 9. The lowest BCUT2D eigenvalue weighted by Gasteiger charge is -2.09. The highest BCUT2D eigenvalue weighted by Crippen LogP contribution is 2.36. The number of anilines is 1. The van der Waals surface area contributed by atoms with Gasteiger partial charge in [0.15, 0.2) is 11.0 Å². The Morgan fingerprint density at radius 3 is 2.53 bits per heavy atom. The number of allylic oxidation sites excluding steroid dienone is 1. The zero-order chi connectivity index (χ0) is 25.7. The van der Waals surface area contributed by atoms with Gasteiger partial charge in [0.05, 0.1) is 12.9 Å². The van der Waals surface area contributed by atoms with Crippen LogP contribution in [-0.4, -0.2) is 39.5 Å². The van der Waals surface area contributed by atoms with Crippen molar-refractivity contribution in [1.82, 2.24) is 14.8 Å². The van der Waals surface area contributed by atoms with Gasteiger partial charge in [-0.15, -0.1) is 28.1 Å². The van der Waals surface area contributed by atoms with E-state index < -0.39 is 5.97 Å². The lowest BCUT2D eigenvalue weighted by molar-refractivity contribution is -0.113. The molecule has 184 valence electrons. The topological polar surface area (TPSA) is 86.1 Å². The molecule has 0 bridgehead atoms. The minimum Gasteiger partial charge on any atom is -0.465 e. The number of benzene rings is 2. The number of methoxy groups -OCH3 is 1. The maximum absolute atomic E-state index is 13.4. The molecule has 2 heterocycles. The third-order valence-corrected chi connectivity index (χ3v) is 7.44. The van der Waals surface area contributed by atoms with E-state index in [1.807, 2.05) is 28.8 Å². The van der Waals surface area contributed by atoms with Crippen molar-refractivity contribution in [2.45, 2.75) is 11.7 Å². The number of nitrogens with zero attached hydrogens (tertiary/aromatic N) is 3. The van der Waals surface area contributed by atoms with E-state index in [2.05, 4.69) is 38.0 Å². The fourth-order valence-electron chi connectivity index (χ4n) is 3.39. The molecule has 2 aromatic carbocycles. The van der Waals surface area contributed by atoms with E-state index in [1.165, 1.54) is 42.3 Å². The number of ether oxygens (including phenoxy) is 1. The third kappa shape index (κ3) is 5.75. The second kappa shape index (κ2) is 11.6. The second-order valence-corrected chi connectivity index (χ2v) is 10.1. The van der Waals surface area contributed by atoms with Gasteiger partial charge in [-0.25, -0.2) is 9.18 Å². The highest BCUT2D eigenvalue weighted by Gasteiger charge is 2.23. The summed E-state index contributed by atoms with van der Waals surface area (Å²) in [5.41, 5.74) is 2.30. The van der Waals surface area contributed by atoms with Crippen LogP contribution in [0.3, 0.4) is 0 Å². The Labute approximate surface area is 223 Å². The van der Waals surface area contributed by atoms with Crippen LogP contribution in [0.4, 0.5) is 9.39 Å². The van der Waals surface area contributed by atoms with Crippen molar-refractivity contribution in [3.8, 4) is 22.5 Å². The smallest absolute Gasteiger partial charge is 0.341 e. The molecule has 0 aliphatic carbocycles. The van der Waals surface area contributed by atoms with Crippen LogP contribution in [0.5, 0.6) is 0 Å². The molecule has 2 aromatic heterocycles. The fourth-order valence-corrected chi connectivity index (χ4v) is 5.38. The van der Waals surface area contributed by atoms with Crippen LogP contribution in [0.2, 0.25) is 0 Å². The van der Waals surface area contributed by atoms with E-state index >= 15 is 0 Å². The Hall–Kier alpha value is -3.28. The Balaban J connectivity index is 1.52. The van der Waals surface area contributed by atoms with Gasteiger partial charge in [0.25, 0.3) is 0 Å². The predicted molar refractivity (Wildman–Crippen MR) is 144 cm³/mol. The molecule has 0 saturated carbocycles. The highest BCUT2D eigenvalue weighted by atomic mass is 79.9. The van der Waals surface area contributed by atoms with Gasteiger partial charge in [0.1, 0.15) is 16.4 Å². The normalized spacial score (nSPS) is 10.8. The van der Waals surface area contributed by atoms with E-state index in [4.69, 9.17) is 4.74 Å². The third-order valence-electron chi connectivity index (χ3n) is 5.05. The van der Waals surface area contributed by atoms with Gasteiger partial charge in [-0.2, -0.15) is 0 Å². The quantitative estimate of drug-likeness (QED) is 0.141. The monoisotopic (exact) mass is 586 g/mol. The van der Waals surface area contributed by atoms with Crippen LogP contribution in [0.1, 0.15) is 10.4 Å². The van der Waals surface area contributed by atoms with Crippen molar-refractivity contribution in [3.05, 3.63) is 82.4 Å². The number of aromatic nitrogens is 3. The second-order valence-electron chi connectivity index (χ2n) is 7.40. The van der Waals surface area contributed by atoms with Crippen LogP contribution in [0.25, 0.3) is 22.5 Å². The predicted octanol–water partition coefficient (Wildman–Crippen LogP) is 6.28. The van der Waals surface area contributed by atoms with Crippen molar-refractivity contribution >= 4 is 55.9 Å². The molecule has 0 unspecified atom stereocenters. The average molecular weight is 587 g/mol. The van der Waals surface area contributed by atoms with Gasteiger partial charge < -0.3 is 10.1 Å². The summed E-state index contributed by atoms with van der Waals surface area (Å²) in [6.07, 6.45) is 1.74. The van der Waals surface area contributed by atoms with Gasteiger partial charge >= 0.3 is 5.97 Å². The number of carbonyl (C=O) groups is 2. The molecule has 4 aromatic rings. The van der Waals surface area contributed by atoms with Gasteiger partial charge in [-0.05, 0) is 29.8 Å². The molecule has 36 heavy (non-hydrogen) atoms. The van der Waals surface area contributed by atoms with Crippen LogP contribution >= 0.6 is 39.0 Å². The molecule has 0 radical (unpaired) electrons. The number of esters is 1. The van der Waals surface area contributed by atoms with Crippen molar-refractivity contribution in [2.24, 2.45) is 0 Å². The van der Waals surface area contributed by atoms with Crippen molar-refractivity contribution in [3.63, 3.8) is 0 Å². The molecule has 1 N–H and O–H groups in total. The minimum absolute atomic E-state index is 0.0417. The summed E-state index contributed by atoms with van der Waals surface area (Å²) >= 11 is 5.85. The number of nitrogens with one attached hydrogen (secondary N) is 1.